The van der Waals surface area contributed by atoms with Gasteiger partial charge in [0.2, 0.25) is 10.0 Å². The largest absolute Gasteiger partial charge is 0.345 e. The first-order chi connectivity index (χ1) is 9.63. The summed E-state index contributed by atoms with van der Waals surface area (Å²) in [4.78, 5) is 7.38. The van der Waals surface area contributed by atoms with Gasteiger partial charge in [-0.2, -0.15) is 4.31 Å². The minimum Gasteiger partial charge on any atom is -0.345 e. The van der Waals surface area contributed by atoms with E-state index in [2.05, 4.69) is 15.3 Å². The van der Waals surface area contributed by atoms with Crippen molar-refractivity contribution in [2.75, 3.05) is 20.1 Å². The summed E-state index contributed by atoms with van der Waals surface area (Å²) in [5.74, 6) is 0. The minimum absolute atomic E-state index is 0.224. The Morgan fingerprint density at radius 3 is 3.15 bits per heavy atom. The molecule has 1 saturated heterocycles. The zero-order valence-corrected chi connectivity index (χ0v) is 12.2. The summed E-state index contributed by atoms with van der Waals surface area (Å²) >= 11 is 0. The molecule has 0 saturated carbocycles. The highest BCUT2D eigenvalue weighted by Gasteiger charge is 2.31. The second-order valence-corrected chi connectivity index (χ2v) is 6.95. The number of aromatic amines is 1. The number of rotatable bonds is 3. The van der Waals surface area contributed by atoms with Gasteiger partial charge >= 0.3 is 0 Å². The third kappa shape index (κ3) is 2.21. The first-order valence-corrected chi connectivity index (χ1v) is 8.16. The molecule has 1 fully saturated rings. The standard InChI is InChI=1S/C13H18N4O2S/c1-14-10-4-3-7-17(9-10)20(18,19)12-8-16-13-11(12)5-2-6-15-13/h2,5-6,8,10,14H,3-4,7,9H2,1H3,(H,15,16). The third-order valence-electron chi connectivity index (χ3n) is 3.82. The maximum Gasteiger partial charge on any atom is 0.245 e. The van der Waals surface area contributed by atoms with Gasteiger partial charge in [-0.25, -0.2) is 13.4 Å². The van der Waals surface area contributed by atoms with Crippen LogP contribution in [0.25, 0.3) is 11.0 Å². The number of H-pyrrole nitrogens is 1. The van der Waals surface area contributed by atoms with E-state index in [1.807, 2.05) is 7.05 Å². The molecule has 2 N–H and O–H groups in total. The molecule has 6 nitrogen and oxygen atoms in total. The summed E-state index contributed by atoms with van der Waals surface area (Å²) in [6.45, 7) is 1.10. The number of pyridine rings is 1. The van der Waals surface area contributed by atoms with Gasteiger partial charge in [0.15, 0.2) is 0 Å². The lowest BCUT2D eigenvalue weighted by atomic mass is 10.1. The lowest BCUT2D eigenvalue weighted by Crippen LogP contribution is -2.46. The minimum atomic E-state index is -3.47. The van der Waals surface area contributed by atoms with Gasteiger partial charge in [0, 0.05) is 36.9 Å². The molecule has 0 aliphatic carbocycles. The second-order valence-electron chi connectivity index (χ2n) is 5.04. The van der Waals surface area contributed by atoms with Crippen LogP contribution < -0.4 is 5.32 Å². The van der Waals surface area contributed by atoms with E-state index in [9.17, 15) is 8.42 Å². The van der Waals surface area contributed by atoms with Crippen LogP contribution in [-0.2, 0) is 10.0 Å². The molecule has 1 atom stereocenters. The van der Waals surface area contributed by atoms with Crippen molar-refractivity contribution < 1.29 is 8.42 Å². The van der Waals surface area contributed by atoms with E-state index in [0.29, 0.717) is 29.0 Å². The fraction of sp³-hybridized carbons (Fsp3) is 0.462. The van der Waals surface area contributed by atoms with E-state index in [-0.39, 0.29) is 6.04 Å². The average molecular weight is 294 g/mol. The van der Waals surface area contributed by atoms with Crippen molar-refractivity contribution in [1.29, 1.82) is 0 Å². The fourth-order valence-electron chi connectivity index (χ4n) is 2.68. The van der Waals surface area contributed by atoms with Crippen molar-refractivity contribution in [3.63, 3.8) is 0 Å². The van der Waals surface area contributed by atoms with E-state index < -0.39 is 10.0 Å². The van der Waals surface area contributed by atoms with Crippen molar-refractivity contribution >= 4 is 21.1 Å². The van der Waals surface area contributed by atoms with Crippen molar-refractivity contribution in [3.05, 3.63) is 24.5 Å². The van der Waals surface area contributed by atoms with E-state index in [1.165, 1.54) is 6.20 Å². The van der Waals surface area contributed by atoms with E-state index in [4.69, 9.17) is 0 Å². The van der Waals surface area contributed by atoms with Crippen LogP contribution in [0.4, 0.5) is 0 Å². The molecule has 2 aromatic rings. The Bertz CT molecular complexity index is 710. The summed E-state index contributed by atoms with van der Waals surface area (Å²) in [6, 6.07) is 3.76. The van der Waals surface area contributed by atoms with Gasteiger partial charge in [-0.3, -0.25) is 0 Å². The van der Waals surface area contributed by atoms with Gasteiger partial charge in [-0.15, -0.1) is 0 Å². The van der Waals surface area contributed by atoms with Crippen LogP contribution in [0, 0.1) is 0 Å². The van der Waals surface area contributed by atoms with E-state index >= 15 is 0 Å². The van der Waals surface area contributed by atoms with Gasteiger partial charge in [0.25, 0.3) is 0 Å². The number of likely N-dealkylation sites (N-methyl/N-ethyl adjacent to an activating group) is 1. The molecule has 1 unspecified atom stereocenters. The molecule has 3 rings (SSSR count). The molecule has 0 bridgehead atoms. The molecule has 0 radical (unpaired) electrons. The van der Waals surface area contributed by atoms with Crippen LogP contribution in [0.2, 0.25) is 0 Å². The van der Waals surface area contributed by atoms with Crippen LogP contribution in [0.1, 0.15) is 12.8 Å². The summed E-state index contributed by atoms with van der Waals surface area (Å²) in [5.41, 5.74) is 0.605. The molecule has 1 aliphatic heterocycles. The predicted octanol–water partition coefficient (Wildman–Crippen LogP) is 0.935. The van der Waals surface area contributed by atoms with Gasteiger partial charge in [-0.05, 0) is 32.0 Å². The predicted molar refractivity (Wildman–Crippen MR) is 76.9 cm³/mol. The average Bonchev–Trinajstić information content (AvgIpc) is 2.92. The number of hydrogen-bond donors (Lipinski definition) is 2. The highest BCUT2D eigenvalue weighted by Crippen LogP contribution is 2.26. The molecule has 108 valence electrons. The van der Waals surface area contributed by atoms with Gasteiger partial charge in [0.1, 0.15) is 10.5 Å². The summed E-state index contributed by atoms with van der Waals surface area (Å²) in [6.07, 6.45) is 5.08. The first-order valence-electron chi connectivity index (χ1n) is 6.72. The summed E-state index contributed by atoms with van der Waals surface area (Å²) in [5, 5.41) is 3.81. The number of aromatic nitrogens is 2. The summed E-state index contributed by atoms with van der Waals surface area (Å²) < 4.78 is 27.1. The highest BCUT2D eigenvalue weighted by molar-refractivity contribution is 7.89. The van der Waals surface area contributed by atoms with Gasteiger partial charge in [-0.1, -0.05) is 0 Å². The Kier molecular flexibility index (Phi) is 3.49. The maximum atomic E-state index is 12.8. The second kappa shape index (κ2) is 5.16. The Hall–Kier alpha value is -1.44. The quantitative estimate of drug-likeness (QED) is 0.883. The Labute approximate surface area is 118 Å². The van der Waals surface area contributed by atoms with Crippen molar-refractivity contribution in [2.24, 2.45) is 0 Å². The Morgan fingerprint density at radius 2 is 2.35 bits per heavy atom. The van der Waals surface area contributed by atoms with Crippen LogP contribution in [0.5, 0.6) is 0 Å². The first kappa shape index (κ1) is 13.5. The molecule has 7 heteroatoms. The number of nitrogens with one attached hydrogen (secondary N) is 2. The zero-order valence-electron chi connectivity index (χ0n) is 11.3. The van der Waals surface area contributed by atoms with Crippen molar-refractivity contribution in [2.45, 2.75) is 23.8 Å². The number of hydrogen-bond acceptors (Lipinski definition) is 4. The molecular formula is C13H18N4O2S. The molecule has 1 aliphatic rings. The summed E-state index contributed by atoms with van der Waals surface area (Å²) in [7, 11) is -1.59. The number of piperidine rings is 1. The molecule has 20 heavy (non-hydrogen) atoms. The Balaban J connectivity index is 1.99. The lowest BCUT2D eigenvalue weighted by molar-refractivity contribution is 0.293. The highest BCUT2D eigenvalue weighted by atomic mass is 32.2. The maximum absolute atomic E-state index is 12.8. The monoisotopic (exact) mass is 294 g/mol. The molecule has 2 aromatic heterocycles. The molecule has 0 spiro atoms. The van der Waals surface area contributed by atoms with Gasteiger partial charge in [0.05, 0.1) is 0 Å². The zero-order chi connectivity index (χ0) is 14.2. The van der Waals surface area contributed by atoms with Crippen molar-refractivity contribution in [1.82, 2.24) is 19.6 Å². The van der Waals surface area contributed by atoms with Crippen LogP contribution in [-0.4, -0.2) is 48.9 Å². The lowest BCUT2D eigenvalue weighted by Gasteiger charge is -2.31. The van der Waals surface area contributed by atoms with Crippen LogP contribution in [0.3, 0.4) is 0 Å². The SMILES string of the molecule is CNC1CCCN(S(=O)(=O)c2c[nH]c3ncccc23)C1. The fourth-order valence-corrected chi connectivity index (χ4v) is 4.35. The van der Waals surface area contributed by atoms with Crippen LogP contribution >= 0.6 is 0 Å². The number of sulfonamides is 1. The number of nitrogens with zero attached hydrogens (tertiary/aromatic N) is 2. The van der Waals surface area contributed by atoms with E-state index in [1.54, 1.807) is 22.6 Å². The normalized spacial score (nSPS) is 21.4. The smallest absolute Gasteiger partial charge is 0.245 e. The molecular weight excluding hydrogens is 276 g/mol. The van der Waals surface area contributed by atoms with Crippen LogP contribution in [0.15, 0.2) is 29.4 Å². The van der Waals surface area contributed by atoms with Crippen molar-refractivity contribution in [3.8, 4) is 0 Å². The third-order valence-corrected chi connectivity index (χ3v) is 5.73. The van der Waals surface area contributed by atoms with Gasteiger partial charge < -0.3 is 10.3 Å². The molecule has 0 amide bonds. The Morgan fingerprint density at radius 1 is 1.50 bits per heavy atom. The molecule has 0 aromatic carbocycles. The van der Waals surface area contributed by atoms with E-state index in [0.717, 1.165) is 12.8 Å². The topological polar surface area (TPSA) is 78.1 Å². The molecule has 3 heterocycles. The number of fused-ring (bicyclic) bond motifs is 1.